The summed E-state index contributed by atoms with van der Waals surface area (Å²) in [5.41, 5.74) is 1.46. The van der Waals surface area contributed by atoms with Crippen LogP contribution >= 0.6 is 11.6 Å². The number of halogens is 1. The van der Waals surface area contributed by atoms with Crippen molar-refractivity contribution in [2.45, 2.75) is 25.7 Å². The quantitative estimate of drug-likeness (QED) is 0.429. The topological polar surface area (TPSA) is 59.0 Å². The summed E-state index contributed by atoms with van der Waals surface area (Å²) in [6, 6.07) is 13.9. The first-order chi connectivity index (χ1) is 13.6. The molecule has 2 aliphatic rings. The Morgan fingerprint density at radius 3 is 2.71 bits per heavy atom. The Bertz CT molecular complexity index is 997. The summed E-state index contributed by atoms with van der Waals surface area (Å²) >= 11 is 6.09. The fraction of sp³-hybridized carbons (Fsp3) is 0.227. The van der Waals surface area contributed by atoms with Crippen LogP contribution in [0.4, 0.5) is 0 Å². The molecule has 2 aromatic rings. The van der Waals surface area contributed by atoms with Gasteiger partial charge in [-0.15, -0.1) is 0 Å². The molecule has 1 saturated heterocycles. The Morgan fingerprint density at radius 1 is 1.07 bits per heavy atom. The molecule has 142 valence electrons. The van der Waals surface area contributed by atoms with Crippen LogP contribution in [0.5, 0.6) is 5.75 Å². The summed E-state index contributed by atoms with van der Waals surface area (Å²) in [4.78, 5) is 31.2. The molecule has 0 N–H and O–H groups in total. The van der Waals surface area contributed by atoms with Crippen molar-refractivity contribution in [1.82, 2.24) is 4.90 Å². The lowest BCUT2D eigenvalue weighted by Crippen LogP contribution is -2.26. The minimum Gasteiger partial charge on any atom is -0.422 e. The normalized spacial score (nSPS) is 17.9. The molecule has 2 aromatic carbocycles. The van der Waals surface area contributed by atoms with Gasteiger partial charge in [-0.05, 0) is 37.1 Å². The standard InChI is InChI=1S/C22H19ClN2O3/c23-17-10-5-4-9-16(17)22(27)28-19-11-6-3-8-15(19)14-18-21(26)24-20-12-2-1-7-13-25(18)20/h3-6,8-11,14H,1-2,7,12-13H2/b18-14+. The molecule has 0 unspecified atom stereocenters. The van der Waals surface area contributed by atoms with E-state index in [0.29, 0.717) is 27.6 Å². The van der Waals surface area contributed by atoms with E-state index in [1.54, 1.807) is 42.5 Å². The molecule has 0 aromatic heterocycles. The Labute approximate surface area is 168 Å². The van der Waals surface area contributed by atoms with Crippen LogP contribution in [-0.4, -0.2) is 29.2 Å². The molecule has 2 heterocycles. The number of hydrogen-bond acceptors (Lipinski definition) is 4. The van der Waals surface area contributed by atoms with Crippen LogP contribution < -0.4 is 4.74 Å². The number of amides is 1. The number of nitrogens with zero attached hydrogens (tertiary/aromatic N) is 2. The van der Waals surface area contributed by atoms with E-state index in [-0.39, 0.29) is 5.91 Å². The smallest absolute Gasteiger partial charge is 0.345 e. The molecular formula is C22H19ClN2O3. The predicted octanol–water partition coefficient (Wildman–Crippen LogP) is 4.71. The number of fused-ring (bicyclic) bond motifs is 1. The van der Waals surface area contributed by atoms with E-state index in [1.165, 1.54) is 0 Å². The fourth-order valence-corrected chi connectivity index (χ4v) is 3.63. The van der Waals surface area contributed by atoms with Crippen molar-refractivity contribution in [2.75, 3.05) is 6.54 Å². The fourth-order valence-electron chi connectivity index (χ4n) is 3.42. The number of carbonyl (C=O) groups is 2. The van der Waals surface area contributed by atoms with E-state index < -0.39 is 5.97 Å². The van der Waals surface area contributed by atoms with Crippen LogP contribution in [0.25, 0.3) is 6.08 Å². The maximum atomic E-state index is 12.5. The van der Waals surface area contributed by atoms with Gasteiger partial charge < -0.3 is 9.64 Å². The van der Waals surface area contributed by atoms with Crippen molar-refractivity contribution >= 4 is 35.4 Å². The summed E-state index contributed by atoms with van der Waals surface area (Å²) in [5.74, 6) is 0.417. The summed E-state index contributed by atoms with van der Waals surface area (Å²) in [5, 5.41) is 0.330. The van der Waals surface area contributed by atoms with Gasteiger partial charge in [0.15, 0.2) is 0 Å². The molecule has 2 aliphatic heterocycles. The first-order valence-corrected chi connectivity index (χ1v) is 9.68. The van der Waals surface area contributed by atoms with Crippen molar-refractivity contribution < 1.29 is 14.3 Å². The van der Waals surface area contributed by atoms with Gasteiger partial charge in [0.1, 0.15) is 17.3 Å². The van der Waals surface area contributed by atoms with Crippen LogP contribution in [0.1, 0.15) is 41.6 Å². The molecule has 0 radical (unpaired) electrons. The molecule has 0 bridgehead atoms. The largest absolute Gasteiger partial charge is 0.422 e. The van der Waals surface area contributed by atoms with Gasteiger partial charge in [0.2, 0.25) is 0 Å². The Morgan fingerprint density at radius 2 is 1.86 bits per heavy atom. The summed E-state index contributed by atoms with van der Waals surface area (Å²) < 4.78 is 5.58. The number of ether oxygens (including phenoxy) is 1. The zero-order chi connectivity index (χ0) is 19.5. The van der Waals surface area contributed by atoms with Crippen molar-refractivity contribution in [3.8, 4) is 5.75 Å². The Hall–Kier alpha value is -2.92. The second-order valence-electron chi connectivity index (χ2n) is 6.73. The molecule has 4 rings (SSSR count). The first kappa shape index (κ1) is 18.4. The number of esters is 1. The van der Waals surface area contributed by atoms with Gasteiger partial charge in [0.05, 0.1) is 10.6 Å². The van der Waals surface area contributed by atoms with Gasteiger partial charge in [-0.25, -0.2) is 4.79 Å². The Balaban J connectivity index is 1.63. The number of para-hydroxylation sites is 1. The van der Waals surface area contributed by atoms with Gasteiger partial charge >= 0.3 is 5.97 Å². The molecule has 0 spiro atoms. The van der Waals surface area contributed by atoms with E-state index in [4.69, 9.17) is 16.3 Å². The second kappa shape index (κ2) is 7.98. The molecule has 5 nitrogen and oxygen atoms in total. The SMILES string of the molecule is O=C1N=C2CCCCCN2/C1=C/c1ccccc1OC(=O)c1ccccc1Cl. The maximum absolute atomic E-state index is 12.5. The lowest BCUT2D eigenvalue weighted by atomic mass is 10.1. The monoisotopic (exact) mass is 394 g/mol. The highest BCUT2D eigenvalue weighted by atomic mass is 35.5. The Kier molecular flexibility index (Phi) is 5.26. The molecule has 1 amide bonds. The first-order valence-electron chi connectivity index (χ1n) is 9.30. The van der Waals surface area contributed by atoms with E-state index in [0.717, 1.165) is 38.1 Å². The van der Waals surface area contributed by atoms with Crippen LogP contribution in [0.2, 0.25) is 5.02 Å². The number of amidine groups is 1. The maximum Gasteiger partial charge on any atom is 0.345 e. The molecule has 1 fully saturated rings. The highest BCUT2D eigenvalue weighted by molar-refractivity contribution is 6.33. The number of carbonyl (C=O) groups excluding carboxylic acids is 2. The zero-order valence-electron chi connectivity index (χ0n) is 15.2. The summed E-state index contributed by atoms with van der Waals surface area (Å²) in [7, 11) is 0. The molecule has 0 aliphatic carbocycles. The van der Waals surface area contributed by atoms with Gasteiger partial charge in [-0.2, -0.15) is 4.99 Å². The van der Waals surface area contributed by atoms with E-state index in [9.17, 15) is 9.59 Å². The average molecular weight is 395 g/mol. The molecule has 0 atom stereocenters. The van der Waals surface area contributed by atoms with E-state index in [2.05, 4.69) is 4.99 Å². The molecule has 0 saturated carbocycles. The van der Waals surface area contributed by atoms with Gasteiger partial charge in [0, 0.05) is 18.5 Å². The summed E-state index contributed by atoms with van der Waals surface area (Å²) in [6.45, 7) is 0.776. The predicted molar refractivity (Wildman–Crippen MR) is 108 cm³/mol. The molecule has 28 heavy (non-hydrogen) atoms. The minimum absolute atomic E-state index is 0.246. The van der Waals surface area contributed by atoms with Crippen molar-refractivity contribution in [2.24, 2.45) is 4.99 Å². The van der Waals surface area contributed by atoms with Gasteiger partial charge in [-0.1, -0.05) is 48.4 Å². The number of rotatable bonds is 3. The number of hydrogen-bond donors (Lipinski definition) is 0. The zero-order valence-corrected chi connectivity index (χ0v) is 16.0. The molecular weight excluding hydrogens is 376 g/mol. The third-order valence-electron chi connectivity index (χ3n) is 4.84. The minimum atomic E-state index is -0.541. The van der Waals surface area contributed by atoms with Crippen LogP contribution in [-0.2, 0) is 4.79 Å². The van der Waals surface area contributed by atoms with Crippen molar-refractivity contribution in [3.63, 3.8) is 0 Å². The second-order valence-corrected chi connectivity index (χ2v) is 7.14. The lowest BCUT2D eigenvalue weighted by molar-refractivity contribution is -0.114. The number of benzene rings is 2. The summed E-state index contributed by atoms with van der Waals surface area (Å²) in [6.07, 6.45) is 5.75. The van der Waals surface area contributed by atoms with Crippen LogP contribution in [0.3, 0.4) is 0 Å². The van der Waals surface area contributed by atoms with Gasteiger partial charge in [0.25, 0.3) is 5.91 Å². The van der Waals surface area contributed by atoms with Crippen LogP contribution in [0.15, 0.2) is 59.2 Å². The van der Waals surface area contributed by atoms with Gasteiger partial charge in [-0.3, -0.25) is 4.79 Å². The van der Waals surface area contributed by atoms with E-state index in [1.807, 2.05) is 17.0 Å². The van der Waals surface area contributed by atoms with Crippen molar-refractivity contribution in [3.05, 3.63) is 70.4 Å². The highest BCUT2D eigenvalue weighted by Crippen LogP contribution is 2.29. The molecule has 6 heteroatoms. The lowest BCUT2D eigenvalue weighted by Gasteiger charge is -2.18. The highest BCUT2D eigenvalue weighted by Gasteiger charge is 2.30. The third-order valence-corrected chi connectivity index (χ3v) is 5.17. The third kappa shape index (κ3) is 3.71. The van der Waals surface area contributed by atoms with E-state index >= 15 is 0 Å². The van der Waals surface area contributed by atoms with Crippen molar-refractivity contribution in [1.29, 1.82) is 0 Å². The van der Waals surface area contributed by atoms with Crippen LogP contribution in [0, 0.1) is 0 Å². The average Bonchev–Trinajstić information content (AvgIpc) is 2.84. The number of aliphatic imine (C=N–C) groups is 1.